The van der Waals surface area contributed by atoms with Gasteiger partial charge in [-0.05, 0) is 68.6 Å². The number of ether oxygens (including phenoxy) is 2. The second-order valence-electron chi connectivity index (χ2n) is 11.3. The molecule has 0 spiro atoms. The standard InChI is InChI=1S/C35H35N5O5S/c1-22-32(21-46-35-37-38-39-40(35)30-14-16-31(43)17-15-30)44-34(45-33(22)27-8-6-24(20-41)7-9-27)28-12-10-26(11-13-28)29-5-3-4-25(18-29)19-36-23(2)42/h3-18,22,32-34,41,43H,19-21H2,1-2H3,(H,36,42)/t22-,32+,33+,34+/m1/s1. The van der Waals surface area contributed by atoms with Crippen LogP contribution in [0.2, 0.25) is 0 Å². The molecule has 0 saturated carbocycles. The van der Waals surface area contributed by atoms with Crippen molar-refractivity contribution in [2.75, 3.05) is 5.75 Å². The zero-order valence-electron chi connectivity index (χ0n) is 25.5. The first kappa shape index (κ1) is 31.4. The number of aliphatic hydroxyl groups is 1. The summed E-state index contributed by atoms with van der Waals surface area (Å²) in [6.45, 7) is 4.08. The number of amides is 1. The lowest BCUT2D eigenvalue weighted by Gasteiger charge is -2.41. The van der Waals surface area contributed by atoms with Crippen LogP contribution in [-0.4, -0.2) is 48.2 Å². The molecule has 6 rings (SSSR count). The van der Waals surface area contributed by atoms with Crippen molar-refractivity contribution in [3.63, 3.8) is 0 Å². The number of carbonyl (C=O) groups excluding carboxylic acids is 1. The second kappa shape index (κ2) is 14.3. The Labute approximate surface area is 271 Å². The predicted molar refractivity (Wildman–Crippen MR) is 174 cm³/mol. The van der Waals surface area contributed by atoms with Gasteiger partial charge in [-0.1, -0.05) is 85.4 Å². The van der Waals surface area contributed by atoms with E-state index in [2.05, 4.69) is 46.0 Å². The summed E-state index contributed by atoms with van der Waals surface area (Å²) in [6.07, 6.45) is -1.07. The molecule has 4 aromatic carbocycles. The van der Waals surface area contributed by atoms with Crippen molar-refractivity contribution in [3.05, 3.63) is 119 Å². The minimum absolute atomic E-state index is 0.00708. The summed E-state index contributed by atoms with van der Waals surface area (Å²) in [5.41, 5.74) is 6.60. The third-order valence-electron chi connectivity index (χ3n) is 8.02. The zero-order valence-corrected chi connectivity index (χ0v) is 26.3. The number of aromatic hydroxyl groups is 1. The second-order valence-corrected chi connectivity index (χ2v) is 12.2. The van der Waals surface area contributed by atoms with Crippen molar-refractivity contribution in [1.82, 2.24) is 25.5 Å². The first-order chi connectivity index (χ1) is 22.4. The first-order valence-electron chi connectivity index (χ1n) is 15.0. The molecular formula is C35H35N5O5S. The van der Waals surface area contributed by atoms with Gasteiger partial charge >= 0.3 is 0 Å². The summed E-state index contributed by atoms with van der Waals surface area (Å²) in [6, 6.07) is 30.8. The molecule has 1 aliphatic heterocycles. The quantitative estimate of drug-likeness (QED) is 0.164. The van der Waals surface area contributed by atoms with Gasteiger partial charge in [-0.3, -0.25) is 4.79 Å². The zero-order chi connectivity index (χ0) is 32.0. The highest BCUT2D eigenvalue weighted by molar-refractivity contribution is 7.99. The number of hydrogen-bond acceptors (Lipinski definition) is 9. The van der Waals surface area contributed by atoms with E-state index in [0.29, 0.717) is 17.5 Å². The van der Waals surface area contributed by atoms with E-state index in [9.17, 15) is 15.0 Å². The van der Waals surface area contributed by atoms with Gasteiger partial charge in [0.1, 0.15) is 5.75 Å². The van der Waals surface area contributed by atoms with E-state index in [-0.39, 0.29) is 36.4 Å². The molecule has 0 unspecified atom stereocenters. The normalized spacial score (nSPS) is 19.5. The van der Waals surface area contributed by atoms with Crippen molar-refractivity contribution >= 4 is 17.7 Å². The number of nitrogens with one attached hydrogen (secondary N) is 1. The lowest BCUT2D eigenvalue weighted by molar-refractivity contribution is -0.268. The highest BCUT2D eigenvalue weighted by Gasteiger charge is 2.38. The van der Waals surface area contributed by atoms with E-state index >= 15 is 0 Å². The molecule has 46 heavy (non-hydrogen) atoms. The molecule has 5 aromatic rings. The van der Waals surface area contributed by atoms with Crippen molar-refractivity contribution in [3.8, 4) is 22.6 Å². The van der Waals surface area contributed by atoms with Gasteiger partial charge in [0, 0.05) is 30.7 Å². The molecule has 0 aliphatic carbocycles. The first-order valence-corrected chi connectivity index (χ1v) is 16.0. The van der Waals surface area contributed by atoms with Gasteiger partial charge in [-0.15, -0.1) is 5.10 Å². The van der Waals surface area contributed by atoms with E-state index < -0.39 is 6.29 Å². The van der Waals surface area contributed by atoms with Crippen LogP contribution in [0.15, 0.2) is 102 Å². The van der Waals surface area contributed by atoms with Gasteiger partial charge in [0.25, 0.3) is 0 Å². The number of aliphatic hydroxyl groups excluding tert-OH is 1. The van der Waals surface area contributed by atoms with Crippen LogP contribution in [-0.2, 0) is 27.4 Å². The fourth-order valence-corrected chi connectivity index (χ4v) is 6.47. The van der Waals surface area contributed by atoms with E-state index in [1.54, 1.807) is 28.9 Å². The summed E-state index contributed by atoms with van der Waals surface area (Å²) in [4.78, 5) is 11.4. The van der Waals surface area contributed by atoms with E-state index in [0.717, 1.165) is 39.1 Å². The van der Waals surface area contributed by atoms with Crippen LogP contribution in [0.3, 0.4) is 0 Å². The molecule has 1 fully saturated rings. The van der Waals surface area contributed by atoms with Crippen LogP contribution in [0.25, 0.3) is 16.8 Å². The molecule has 236 valence electrons. The van der Waals surface area contributed by atoms with Crippen molar-refractivity contribution in [1.29, 1.82) is 0 Å². The number of thioether (sulfide) groups is 1. The van der Waals surface area contributed by atoms with Crippen LogP contribution in [0, 0.1) is 5.92 Å². The Kier molecular flexibility index (Phi) is 9.74. The van der Waals surface area contributed by atoms with Gasteiger partial charge in [-0.25, -0.2) is 0 Å². The van der Waals surface area contributed by atoms with Gasteiger partial charge in [-0.2, -0.15) is 4.68 Å². The maximum absolute atomic E-state index is 11.4. The smallest absolute Gasteiger partial charge is 0.217 e. The molecule has 1 amide bonds. The number of hydrogen-bond donors (Lipinski definition) is 3. The number of carbonyl (C=O) groups is 1. The number of nitrogens with zero attached hydrogens (tertiary/aromatic N) is 4. The fraction of sp³-hybridized carbons (Fsp3) is 0.257. The van der Waals surface area contributed by atoms with Crippen LogP contribution >= 0.6 is 11.8 Å². The SMILES string of the molecule is CC(=O)NCc1cccc(-c2ccc([C@H]3O[C@@H](CSc4nnnn4-c4ccc(O)cc4)[C@@H](C)[C@@H](c4ccc(CO)cc4)O3)cc2)c1. The molecule has 10 nitrogen and oxygen atoms in total. The lowest BCUT2D eigenvalue weighted by Crippen LogP contribution is -2.38. The van der Waals surface area contributed by atoms with Gasteiger partial charge in [0.05, 0.1) is 24.5 Å². The third kappa shape index (κ3) is 7.29. The molecule has 1 saturated heterocycles. The Balaban J connectivity index is 1.23. The van der Waals surface area contributed by atoms with Crippen molar-refractivity contribution in [2.24, 2.45) is 5.92 Å². The summed E-state index contributed by atoms with van der Waals surface area (Å²) in [5, 5.41) is 35.0. The highest BCUT2D eigenvalue weighted by atomic mass is 32.2. The monoisotopic (exact) mass is 637 g/mol. The summed E-state index contributed by atoms with van der Waals surface area (Å²) in [5.74, 6) is 0.673. The molecule has 4 atom stereocenters. The Morgan fingerprint density at radius 1 is 0.913 bits per heavy atom. The Morgan fingerprint density at radius 3 is 2.37 bits per heavy atom. The Hall–Kier alpha value is -4.55. The Morgan fingerprint density at radius 2 is 1.65 bits per heavy atom. The van der Waals surface area contributed by atoms with Gasteiger partial charge < -0.3 is 25.0 Å². The number of aromatic nitrogens is 4. The molecule has 11 heteroatoms. The van der Waals surface area contributed by atoms with Crippen LogP contribution in [0.5, 0.6) is 5.75 Å². The summed E-state index contributed by atoms with van der Waals surface area (Å²) >= 11 is 1.49. The van der Waals surface area contributed by atoms with Crippen LogP contribution in [0.4, 0.5) is 0 Å². The third-order valence-corrected chi connectivity index (χ3v) is 9.03. The Bertz CT molecular complexity index is 1760. The van der Waals surface area contributed by atoms with Gasteiger partial charge in [0.2, 0.25) is 11.1 Å². The average molecular weight is 638 g/mol. The highest BCUT2D eigenvalue weighted by Crippen LogP contribution is 2.43. The molecule has 0 radical (unpaired) electrons. The average Bonchev–Trinajstić information content (AvgIpc) is 3.56. The lowest BCUT2D eigenvalue weighted by atomic mass is 9.91. The fourth-order valence-electron chi connectivity index (χ4n) is 5.41. The van der Waals surface area contributed by atoms with Crippen molar-refractivity contribution < 1.29 is 24.5 Å². The van der Waals surface area contributed by atoms with E-state index in [1.165, 1.54) is 18.7 Å². The largest absolute Gasteiger partial charge is 0.508 e. The molecular weight excluding hydrogens is 602 g/mol. The predicted octanol–water partition coefficient (Wildman–Crippen LogP) is 5.75. The van der Waals surface area contributed by atoms with E-state index in [1.807, 2.05) is 54.6 Å². The van der Waals surface area contributed by atoms with Crippen molar-refractivity contribution in [2.45, 2.75) is 50.7 Å². The molecule has 2 heterocycles. The number of rotatable bonds is 10. The number of phenols is 1. The number of benzene rings is 4. The number of tetrazole rings is 1. The van der Waals surface area contributed by atoms with Gasteiger partial charge in [0.15, 0.2) is 6.29 Å². The van der Waals surface area contributed by atoms with Crippen LogP contribution < -0.4 is 5.32 Å². The summed E-state index contributed by atoms with van der Waals surface area (Å²) in [7, 11) is 0. The minimum Gasteiger partial charge on any atom is -0.508 e. The topological polar surface area (TPSA) is 132 Å². The maximum Gasteiger partial charge on any atom is 0.217 e. The van der Waals surface area contributed by atoms with E-state index in [4.69, 9.17) is 9.47 Å². The summed E-state index contributed by atoms with van der Waals surface area (Å²) < 4.78 is 14.9. The molecule has 1 aromatic heterocycles. The number of phenolic OH excluding ortho intramolecular Hbond substituents is 1. The maximum atomic E-state index is 11.4. The minimum atomic E-state index is -0.613. The molecule has 0 bridgehead atoms. The molecule has 3 N–H and O–H groups in total. The molecule has 1 aliphatic rings. The van der Waals surface area contributed by atoms with Crippen LogP contribution in [0.1, 0.15) is 48.5 Å².